The van der Waals surface area contributed by atoms with Gasteiger partial charge in [0.05, 0.1) is 29.3 Å². The van der Waals surface area contributed by atoms with Crippen molar-refractivity contribution in [2.45, 2.75) is 101 Å². The van der Waals surface area contributed by atoms with Crippen LogP contribution in [0.5, 0.6) is 0 Å². The Bertz CT molecular complexity index is 1560. The van der Waals surface area contributed by atoms with E-state index in [0.29, 0.717) is 44.0 Å². The lowest BCUT2D eigenvalue weighted by Gasteiger charge is -2.33. The average Bonchev–Trinajstić information content (AvgIpc) is 3.69. The number of nitrogens with zero attached hydrogens (tertiary/aromatic N) is 3. The molecule has 10 nitrogen and oxygen atoms in total. The van der Waals surface area contributed by atoms with E-state index in [2.05, 4.69) is 38.6 Å². The summed E-state index contributed by atoms with van der Waals surface area (Å²) < 4.78 is 0. The van der Waals surface area contributed by atoms with Crippen LogP contribution < -0.4 is 10.6 Å². The molecule has 3 aromatic rings. The second-order valence-electron chi connectivity index (χ2n) is 14.5. The van der Waals surface area contributed by atoms with Crippen LogP contribution in [0.1, 0.15) is 74.6 Å². The van der Waals surface area contributed by atoms with Crippen LogP contribution >= 0.6 is 11.3 Å². The van der Waals surface area contributed by atoms with E-state index in [1.54, 1.807) is 17.5 Å². The first-order valence-electron chi connectivity index (χ1n) is 18.9. The predicted octanol–water partition coefficient (Wildman–Crippen LogP) is 4.60. The lowest BCUT2D eigenvalue weighted by Crippen LogP contribution is -2.56. The predicted molar refractivity (Wildman–Crippen MR) is 210 cm³/mol. The minimum Gasteiger partial charge on any atom is -0.390 e. The van der Waals surface area contributed by atoms with Gasteiger partial charge in [0, 0.05) is 51.3 Å². The Hall–Kier alpha value is -4.08. The second-order valence-corrected chi connectivity index (χ2v) is 15.2. The molecule has 0 aliphatic heterocycles. The molecule has 0 saturated heterocycles. The van der Waals surface area contributed by atoms with Gasteiger partial charge in [-0.1, -0.05) is 92.8 Å². The van der Waals surface area contributed by atoms with Crippen LogP contribution in [0.3, 0.4) is 0 Å². The minimum atomic E-state index is -1.23. The fourth-order valence-electron chi connectivity index (χ4n) is 7.01. The van der Waals surface area contributed by atoms with Gasteiger partial charge in [0.25, 0.3) is 0 Å². The Morgan fingerprint density at radius 1 is 0.925 bits per heavy atom. The van der Waals surface area contributed by atoms with Gasteiger partial charge in [0.1, 0.15) is 12.1 Å². The van der Waals surface area contributed by atoms with Crippen LogP contribution in [-0.2, 0) is 33.8 Å². The number of carbonyl (C=O) groups excluding carboxylic acids is 3. The largest absolute Gasteiger partial charge is 0.390 e. The quantitative estimate of drug-likeness (QED) is 0.117. The lowest BCUT2D eigenvalue weighted by atomic mass is 9.82. The van der Waals surface area contributed by atoms with Gasteiger partial charge in [-0.25, -0.2) is 4.98 Å². The molecule has 0 spiro atoms. The summed E-state index contributed by atoms with van der Waals surface area (Å²) in [5, 5.41) is 29.9. The summed E-state index contributed by atoms with van der Waals surface area (Å²) in [6.07, 6.45) is 9.84. The van der Waals surface area contributed by atoms with Crippen molar-refractivity contribution >= 4 is 29.1 Å². The van der Waals surface area contributed by atoms with Crippen molar-refractivity contribution in [3.05, 3.63) is 88.4 Å². The Labute approximate surface area is 319 Å². The van der Waals surface area contributed by atoms with Crippen LogP contribution in [0.25, 0.3) is 0 Å². The molecule has 1 aromatic heterocycles. The van der Waals surface area contributed by atoms with E-state index in [0.717, 1.165) is 44.2 Å². The molecule has 3 amide bonds. The smallest absolute Gasteiger partial charge is 0.243 e. The van der Waals surface area contributed by atoms with Crippen LogP contribution in [0, 0.1) is 24.2 Å². The topological polar surface area (TPSA) is 135 Å². The molecule has 1 fully saturated rings. The summed E-state index contributed by atoms with van der Waals surface area (Å²) in [7, 11) is 3.77. The summed E-state index contributed by atoms with van der Waals surface area (Å²) in [4.78, 5) is 50.1. The first-order chi connectivity index (χ1) is 25.6. The highest BCUT2D eigenvalue weighted by atomic mass is 32.1. The first-order valence-corrected chi connectivity index (χ1v) is 19.8. The molecule has 1 aliphatic rings. The maximum Gasteiger partial charge on any atom is 0.243 e. The monoisotopic (exact) mass is 743 g/mol. The van der Waals surface area contributed by atoms with Gasteiger partial charge in [-0.3, -0.25) is 14.4 Å². The van der Waals surface area contributed by atoms with E-state index in [1.165, 1.54) is 16.9 Å². The second kappa shape index (κ2) is 22.2. The molecule has 4 N–H and O–H groups in total. The molecule has 2 aromatic carbocycles. The lowest BCUT2D eigenvalue weighted by molar-refractivity contribution is -0.137. The van der Waals surface area contributed by atoms with E-state index < -0.39 is 42.0 Å². The van der Waals surface area contributed by atoms with Crippen molar-refractivity contribution in [1.29, 1.82) is 0 Å². The van der Waals surface area contributed by atoms with Crippen LogP contribution in [0.15, 0.2) is 71.6 Å². The molecule has 11 heteroatoms. The number of aliphatic hydroxyl groups is 2. The van der Waals surface area contributed by atoms with Crippen molar-refractivity contribution in [1.82, 2.24) is 25.4 Å². The highest BCUT2D eigenvalue weighted by Crippen LogP contribution is 2.29. The number of likely N-dealkylation sites (N-methyl/N-ethyl adjacent to an activating group) is 2. The van der Waals surface area contributed by atoms with Gasteiger partial charge >= 0.3 is 0 Å². The zero-order chi connectivity index (χ0) is 38.0. The van der Waals surface area contributed by atoms with Gasteiger partial charge in [-0.2, -0.15) is 0 Å². The number of thiazole rings is 1. The van der Waals surface area contributed by atoms with Gasteiger partial charge in [-0.15, -0.1) is 23.7 Å². The standard InChI is InChI=1S/C42H57N5O5S/c1-4-5-21-38(48)40(50)36(25-32-17-11-7-12-18-32)44-42(52)37(27-35-29-53-30-43-35)45-41(51)34(24-31-15-9-6-10-16-31)26-39(49)47(3)23-22-46(2)28-33-19-13-8-14-20-33/h1,6,8-10,13-16,19-20,29-30,32,34,36-38,40,48,50H,5,7,11-12,17-18,21-28H2,2-3H3,(H,44,52)(H,45,51)/t34?,36-,37-,38-,40+/m0/s1. The number of hydrogen-bond donors (Lipinski definition) is 4. The van der Waals surface area contributed by atoms with E-state index in [4.69, 9.17) is 6.42 Å². The fraction of sp³-hybridized carbons (Fsp3) is 0.524. The van der Waals surface area contributed by atoms with Crippen molar-refractivity contribution < 1.29 is 24.6 Å². The SMILES string of the molecule is C#CCC[C@H](O)[C@H](O)[C@H](CC1CCCCC1)NC(=O)[C@H](Cc1cscn1)NC(=O)C(CC(=O)N(C)CCN(C)Cc1ccccc1)Cc1ccccc1. The van der Waals surface area contributed by atoms with Crippen LogP contribution in [0.4, 0.5) is 0 Å². The molecular formula is C42H57N5O5S. The third-order valence-electron chi connectivity index (χ3n) is 10.2. The summed E-state index contributed by atoms with van der Waals surface area (Å²) in [6, 6.07) is 17.9. The van der Waals surface area contributed by atoms with Crippen molar-refractivity contribution in [2.75, 3.05) is 27.2 Å². The molecule has 5 atom stereocenters. The van der Waals surface area contributed by atoms with Crippen LogP contribution in [0.2, 0.25) is 0 Å². The number of aromatic nitrogens is 1. The average molecular weight is 744 g/mol. The number of aliphatic hydroxyl groups excluding tert-OH is 2. The molecule has 1 saturated carbocycles. The zero-order valence-electron chi connectivity index (χ0n) is 31.2. The van der Waals surface area contributed by atoms with E-state index >= 15 is 0 Å². The highest BCUT2D eigenvalue weighted by Gasteiger charge is 2.34. The van der Waals surface area contributed by atoms with Gasteiger partial charge < -0.3 is 30.6 Å². The summed E-state index contributed by atoms with van der Waals surface area (Å²) in [6.45, 7) is 1.91. The number of hydrogen-bond acceptors (Lipinski definition) is 8. The number of terminal acetylenes is 1. The number of nitrogens with one attached hydrogen (secondary N) is 2. The van der Waals surface area contributed by atoms with Crippen molar-refractivity contribution in [2.24, 2.45) is 11.8 Å². The molecule has 1 aliphatic carbocycles. The summed E-state index contributed by atoms with van der Waals surface area (Å²) in [5.41, 5.74) is 4.41. The summed E-state index contributed by atoms with van der Waals surface area (Å²) in [5.74, 6) is 1.02. The minimum absolute atomic E-state index is 0.0327. The Morgan fingerprint density at radius 3 is 2.25 bits per heavy atom. The van der Waals surface area contributed by atoms with E-state index in [9.17, 15) is 24.6 Å². The van der Waals surface area contributed by atoms with Gasteiger partial charge in [0.15, 0.2) is 0 Å². The third kappa shape index (κ3) is 14.3. The molecule has 286 valence electrons. The van der Waals surface area contributed by atoms with Crippen molar-refractivity contribution in [3.8, 4) is 12.3 Å². The maximum absolute atomic E-state index is 14.2. The molecule has 0 bridgehead atoms. The molecule has 0 radical (unpaired) electrons. The number of benzene rings is 2. The van der Waals surface area contributed by atoms with Crippen LogP contribution in [-0.4, -0.2) is 94.2 Å². The van der Waals surface area contributed by atoms with Crippen molar-refractivity contribution in [3.63, 3.8) is 0 Å². The third-order valence-corrected chi connectivity index (χ3v) is 10.9. The van der Waals surface area contributed by atoms with Gasteiger partial charge in [0.2, 0.25) is 17.7 Å². The fourth-order valence-corrected chi connectivity index (χ4v) is 7.58. The number of amides is 3. The first kappa shape index (κ1) is 41.7. The molecule has 1 heterocycles. The molecule has 1 unspecified atom stereocenters. The molecule has 53 heavy (non-hydrogen) atoms. The number of rotatable bonds is 21. The summed E-state index contributed by atoms with van der Waals surface area (Å²) >= 11 is 1.39. The van der Waals surface area contributed by atoms with E-state index in [-0.39, 0.29) is 25.2 Å². The Morgan fingerprint density at radius 2 is 1.60 bits per heavy atom. The van der Waals surface area contributed by atoms with Gasteiger partial charge in [-0.05, 0) is 43.4 Å². The number of carbonyl (C=O) groups is 3. The highest BCUT2D eigenvalue weighted by molar-refractivity contribution is 7.07. The Balaban J connectivity index is 1.48. The normalized spacial score (nSPS) is 16.2. The molecular weight excluding hydrogens is 687 g/mol. The van der Waals surface area contributed by atoms with E-state index in [1.807, 2.05) is 61.0 Å². The Kier molecular flexibility index (Phi) is 17.5. The zero-order valence-corrected chi connectivity index (χ0v) is 32.1. The molecule has 4 rings (SSSR count). The maximum atomic E-state index is 14.2.